The van der Waals surface area contributed by atoms with Crippen molar-refractivity contribution in [3.63, 3.8) is 0 Å². The Kier molecular flexibility index (Phi) is 9.86. The summed E-state index contributed by atoms with van der Waals surface area (Å²) in [7, 11) is 0. The molecular weight excluding hydrogens is 612 g/mol. The van der Waals surface area contributed by atoms with Crippen molar-refractivity contribution in [1.29, 1.82) is 0 Å². The highest BCUT2D eigenvalue weighted by atomic mass is 79.9. The maximum absolute atomic E-state index is 12.7. The van der Waals surface area contributed by atoms with Crippen LogP contribution in [-0.2, 0) is 9.53 Å². The molecule has 7 nitrogen and oxygen atoms in total. The van der Waals surface area contributed by atoms with Gasteiger partial charge in [0.2, 0.25) is 0 Å². The molecule has 0 radical (unpaired) electrons. The molecule has 4 N–H and O–H groups in total. The minimum atomic E-state index is -0.887. The molecule has 0 aliphatic heterocycles. The summed E-state index contributed by atoms with van der Waals surface area (Å²) in [4.78, 5) is 25.0. The van der Waals surface area contributed by atoms with Gasteiger partial charge in [-0.05, 0) is 123 Å². The van der Waals surface area contributed by atoms with Gasteiger partial charge in [0.1, 0.15) is 0 Å². The third kappa shape index (κ3) is 6.13. The Bertz CT molecular complexity index is 1160. The molecule has 0 spiro atoms. The molecule has 4 fully saturated rings. The summed E-state index contributed by atoms with van der Waals surface area (Å²) < 4.78 is 6.12. The molecule has 240 valence electrons. The zero-order valence-corrected chi connectivity index (χ0v) is 27.7. The lowest BCUT2D eigenvalue weighted by molar-refractivity contribution is -0.207. The van der Waals surface area contributed by atoms with E-state index in [-0.39, 0.29) is 58.9 Å². The number of rotatable bonds is 9. The van der Waals surface area contributed by atoms with Crippen molar-refractivity contribution in [3.8, 4) is 0 Å². The molecule has 13 atom stereocenters. The number of aliphatic hydroxyl groups excluding tert-OH is 4. The van der Waals surface area contributed by atoms with Crippen molar-refractivity contribution in [1.82, 2.24) is 0 Å². The van der Waals surface area contributed by atoms with Crippen LogP contribution in [-0.4, -0.2) is 63.2 Å². The van der Waals surface area contributed by atoms with Crippen molar-refractivity contribution in [2.24, 2.45) is 52.3 Å². The van der Waals surface area contributed by atoms with Gasteiger partial charge in [-0.25, -0.2) is 0 Å². The number of halogens is 1. The molecule has 4 aliphatic rings. The number of fused-ring (bicyclic) bond motifs is 5. The van der Waals surface area contributed by atoms with E-state index < -0.39 is 30.2 Å². The van der Waals surface area contributed by atoms with Crippen molar-refractivity contribution in [2.45, 2.75) is 110 Å². The molecule has 0 amide bonds. The highest BCUT2D eigenvalue weighted by Gasteiger charge is 2.65. The van der Waals surface area contributed by atoms with E-state index in [1.807, 2.05) is 0 Å². The van der Waals surface area contributed by atoms with Crippen LogP contribution in [0.1, 0.15) is 95.8 Å². The minimum absolute atomic E-state index is 0.0485. The topological polar surface area (TPSA) is 124 Å². The van der Waals surface area contributed by atoms with Gasteiger partial charge in [0, 0.05) is 10.0 Å². The predicted molar refractivity (Wildman–Crippen MR) is 167 cm³/mol. The Morgan fingerprint density at radius 2 is 1.67 bits per heavy atom. The van der Waals surface area contributed by atoms with Crippen LogP contribution in [0.5, 0.6) is 0 Å². The summed E-state index contributed by atoms with van der Waals surface area (Å²) in [5, 5.41) is 44.5. The van der Waals surface area contributed by atoms with Crippen molar-refractivity contribution >= 4 is 27.7 Å². The first kappa shape index (κ1) is 33.1. The quantitative estimate of drug-likeness (QED) is 0.202. The van der Waals surface area contributed by atoms with Crippen LogP contribution in [0.3, 0.4) is 0 Å². The second-order valence-electron chi connectivity index (χ2n) is 15.0. The number of carbonyl (C=O) groups excluding carboxylic acids is 2. The van der Waals surface area contributed by atoms with Crippen LogP contribution in [0.25, 0.3) is 0 Å². The number of aliphatic hydroxyl groups is 4. The molecule has 8 heteroatoms. The lowest BCUT2D eigenvalue weighted by Crippen LogP contribution is -2.62. The predicted octanol–water partition coefficient (Wildman–Crippen LogP) is 5.55. The number of benzene rings is 1. The van der Waals surface area contributed by atoms with E-state index in [1.54, 1.807) is 31.2 Å². The van der Waals surface area contributed by atoms with Gasteiger partial charge < -0.3 is 25.2 Å². The van der Waals surface area contributed by atoms with Crippen LogP contribution in [0.15, 0.2) is 28.7 Å². The van der Waals surface area contributed by atoms with Crippen LogP contribution in [0.4, 0.5) is 0 Å². The van der Waals surface area contributed by atoms with Crippen molar-refractivity contribution < 1.29 is 34.8 Å². The highest BCUT2D eigenvalue weighted by Crippen LogP contribution is 2.68. The van der Waals surface area contributed by atoms with Gasteiger partial charge in [0.25, 0.3) is 0 Å². The summed E-state index contributed by atoms with van der Waals surface area (Å²) in [6, 6.07) is 6.86. The molecule has 1 aromatic rings. The lowest BCUT2D eigenvalue weighted by Gasteiger charge is -2.63. The average molecular weight is 664 g/mol. The van der Waals surface area contributed by atoms with E-state index in [0.717, 1.165) is 43.0 Å². The Morgan fingerprint density at radius 1 is 0.977 bits per heavy atom. The van der Waals surface area contributed by atoms with Gasteiger partial charge in [-0.1, -0.05) is 48.8 Å². The first-order valence-corrected chi connectivity index (χ1v) is 17.2. The maximum atomic E-state index is 12.7. The number of hydrogen-bond acceptors (Lipinski definition) is 7. The molecular formula is C35H51BrO7. The lowest BCUT2D eigenvalue weighted by atomic mass is 9.43. The van der Waals surface area contributed by atoms with E-state index in [9.17, 15) is 30.0 Å². The monoisotopic (exact) mass is 662 g/mol. The van der Waals surface area contributed by atoms with Gasteiger partial charge in [-0.15, -0.1) is 0 Å². The summed E-state index contributed by atoms with van der Waals surface area (Å²) in [6.07, 6.45) is 5.06. The third-order valence-corrected chi connectivity index (χ3v) is 13.4. The fourth-order valence-corrected chi connectivity index (χ4v) is 10.4. The number of carbonyl (C=O) groups is 2. The standard InChI is InChI=1S/C35H51BrO7/c1-19(5-12-28(38)20(2)33(42)43-18-30(40)21-6-8-23(36)9-7-21)25-10-11-26-32-27(17-31(41)35(25,26)4)34(3)14-13-24(37)15-22(34)16-29(32)39/h6-9,19-20,22,24-29,31-32,37-39,41H,5,10-18H2,1-4H3/t19-,20-,22+,24-,25-,26+,27+,28-,29-,31+,32+,34+,35-/m1/s1. The molecule has 4 aliphatic carbocycles. The molecule has 0 bridgehead atoms. The molecule has 0 aromatic heterocycles. The Hall–Kier alpha value is -1.32. The number of esters is 1. The molecule has 0 heterocycles. The first-order chi connectivity index (χ1) is 20.3. The van der Waals surface area contributed by atoms with E-state index in [0.29, 0.717) is 30.7 Å². The van der Waals surface area contributed by atoms with Crippen LogP contribution in [0, 0.1) is 52.3 Å². The van der Waals surface area contributed by atoms with E-state index >= 15 is 0 Å². The fraction of sp³-hybridized carbons (Fsp3) is 0.771. The Balaban J connectivity index is 1.17. The molecule has 43 heavy (non-hydrogen) atoms. The van der Waals surface area contributed by atoms with Gasteiger partial charge in [0.05, 0.1) is 30.3 Å². The summed E-state index contributed by atoms with van der Waals surface area (Å²) in [5.74, 6) is -0.155. The number of hydrogen-bond donors (Lipinski definition) is 4. The summed E-state index contributed by atoms with van der Waals surface area (Å²) >= 11 is 3.34. The average Bonchev–Trinajstić information content (AvgIpc) is 3.34. The third-order valence-electron chi connectivity index (χ3n) is 12.9. The fourth-order valence-electron chi connectivity index (χ4n) is 10.2. The van der Waals surface area contributed by atoms with Crippen LogP contribution >= 0.6 is 15.9 Å². The van der Waals surface area contributed by atoms with Gasteiger partial charge in [0.15, 0.2) is 12.4 Å². The minimum Gasteiger partial charge on any atom is -0.457 e. The smallest absolute Gasteiger partial charge is 0.311 e. The number of ketones is 1. The molecule has 0 unspecified atom stereocenters. The summed E-state index contributed by atoms with van der Waals surface area (Å²) in [5.41, 5.74) is 0.208. The van der Waals surface area contributed by atoms with Gasteiger partial charge in [-0.3, -0.25) is 9.59 Å². The number of ether oxygens (including phenoxy) is 1. The van der Waals surface area contributed by atoms with Gasteiger partial charge in [-0.2, -0.15) is 0 Å². The largest absolute Gasteiger partial charge is 0.457 e. The van der Waals surface area contributed by atoms with E-state index in [2.05, 4.69) is 36.7 Å². The molecule has 1 aromatic carbocycles. The van der Waals surface area contributed by atoms with Crippen LogP contribution in [0.2, 0.25) is 0 Å². The summed E-state index contributed by atoms with van der Waals surface area (Å²) in [6.45, 7) is 8.06. The Morgan fingerprint density at radius 3 is 2.37 bits per heavy atom. The van der Waals surface area contributed by atoms with Gasteiger partial charge >= 0.3 is 5.97 Å². The molecule has 4 saturated carbocycles. The zero-order valence-electron chi connectivity index (χ0n) is 26.1. The number of Topliss-reactive ketones (excluding diaryl/α,β-unsaturated/α-hetero) is 1. The van der Waals surface area contributed by atoms with Crippen molar-refractivity contribution in [3.05, 3.63) is 34.3 Å². The molecule has 5 rings (SSSR count). The van der Waals surface area contributed by atoms with Crippen LogP contribution < -0.4 is 0 Å². The van der Waals surface area contributed by atoms with E-state index in [4.69, 9.17) is 4.74 Å². The zero-order chi connectivity index (χ0) is 31.3. The maximum Gasteiger partial charge on any atom is 0.311 e. The SMILES string of the molecule is C[C@H](CC[C@@H](O)[C@@H](C)C(=O)OCC(=O)c1ccc(Br)cc1)[C@H]1CC[C@H]2[C@@H]3[C@H](O)C[C@@H]4C[C@H](O)CC[C@]4(C)[C@H]3C[C@H](O)[C@]12C. The normalized spacial score (nSPS) is 40.9. The molecule has 0 saturated heterocycles. The van der Waals surface area contributed by atoms with Crippen molar-refractivity contribution in [2.75, 3.05) is 6.61 Å². The second kappa shape index (κ2) is 12.8. The first-order valence-electron chi connectivity index (χ1n) is 16.4. The van der Waals surface area contributed by atoms with E-state index in [1.165, 1.54) is 0 Å². The second-order valence-corrected chi connectivity index (χ2v) is 15.9. The highest BCUT2D eigenvalue weighted by molar-refractivity contribution is 9.10. The Labute approximate surface area is 264 Å².